The first-order valence-corrected chi connectivity index (χ1v) is 4.35. The lowest BCUT2D eigenvalue weighted by molar-refractivity contribution is -0.274. The summed E-state index contributed by atoms with van der Waals surface area (Å²) in [6, 6.07) is 3.62. The lowest BCUT2D eigenvalue weighted by atomic mass is 10.1. The van der Waals surface area contributed by atoms with E-state index in [0.717, 1.165) is 12.1 Å². The second kappa shape index (κ2) is 4.42. The Morgan fingerprint density at radius 2 is 2.06 bits per heavy atom. The lowest BCUT2D eigenvalue weighted by Gasteiger charge is -2.11. The maximum atomic E-state index is 11.9. The molecule has 0 unspecified atom stereocenters. The van der Waals surface area contributed by atoms with Gasteiger partial charge in [-0.3, -0.25) is 4.79 Å². The van der Waals surface area contributed by atoms with Gasteiger partial charge in [-0.2, -0.15) is 0 Å². The fourth-order valence-electron chi connectivity index (χ4n) is 1.20. The van der Waals surface area contributed by atoms with Crippen LogP contribution in [0.5, 0.6) is 5.75 Å². The van der Waals surface area contributed by atoms with E-state index in [-0.39, 0.29) is 6.42 Å². The fourth-order valence-corrected chi connectivity index (χ4v) is 1.20. The van der Waals surface area contributed by atoms with E-state index >= 15 is 0 Å². The van der Waals surface area contributed by atoms with Gasteiger partial charge < -0.3 is 9.84 Å². The third-order valence-electron chi connectivity index (χ3n) is 1.90. The Morgan fingerprint density at radius 1 is 1.44 bits per heavy atom. The number of aryl methyl sites for hydroxylation is 1. The number of hydrogen-bond acceptors (Lipinski definition) is 2. The van der Waals surface area contributed by atoms with Crippen molar-refractivity contribution in [2.24, 2.45) is 0 Å². The molecule has 0 spiro atoms. The molecule has 0 aliphatic heterocycles. The topological polar surface area (TPSA) is 46.5 Å². The highest BCUT2D eigenvalue weighted by Gasteiger charge is 2.31. The molecule has 1 aromatic carbocycles. The van der Waals surface area contributed by atoms with Gasteiger partial charge in [0.2, 0.25) is 0 Å². The first kappa shape index (κ1) is 12.4. The number of alkyl halides is 3. The highest BCUT2D eigenvalue weighted by molar-refractivity contribution is 5.71. The fraction of sp³-hybridized carbons (Fsp3) is 0.300. The van der Waals surface area contributed by atoms with Crippen LogP contribution in [-0.2, 0) is 11.2 Å². The molecule has 0 aliphatic carbocycles. The Morgan fingerprint density at radius 3 is 2.56 bits per heavy atom. The standard InChI is InChI=1S/C10H9F3O3/c1-6-2-3-8(16-10(11,12)13)4-7(6)5-9(14)15/h2-4H,5H2,1H3,(H,14,15). The molecule has 0 fully saturated rings. The van der Waals surface area contributed by atoms with E-state index in [0.29, 0.717) is 11.1 Å². The molecule has 0 bridgehead atoms. The summed E-state index contributed by atoms with van der Waals surface area (Å²) in [7, 11) is 0. The summed E-state index contributed by atoms with van der Waals surface area (Å²) >= 11 is 0. The SMILES string of the molecule is Cc1ccc(OC(F)(F)F)cc1CC(=O)O. The number of hydrogen-bond donors (Lipinski definition) is 1. The zero-order valence-electron chi connectivity index (χ0n) is 8.34. The van der Waals surface area contributed by atoms with Crippen molar-refractivity contribution >= 4 is 5.97 Å². The minimum absolute atomic E-state index is 0.300. The maximum Gasteiger partial charge on any atom is 0.573 e. The van der Waals surface area contributed by atoms with Gasteiger partial charge in [-0.25, -0.2) is 0 Å². The molecule has 0 radical (unpaired) electrons. The quantitative estimate of drug-likeness (QED) is 0.874. The van der Waals surface area contributed by atoms with Crippen LogP contribution in [0.1, 0.15) is 11.1 Å². The summed E-state index contributed by atoms with van der Waals surface area (Å²) in [6.07, 6.45) is -5.10. The molecule has 0 amide bonds. The van der Waals surface area contributed by atoms with Gasteiger partial charge in [-0.15, -0.1) is 13.2 Å². The average Bonchev–Trinajstić information content (AvgIpc) is 2.07. The van der Waals surface area contributed by atoms with Gasteiger partial charge in [0.25, 0.3) is 0 Å². The second-order valence-corrected chi connectivity index (χ2v) is 3.21. The van der Waals surface area contributed by atoms with E-state index < -0.39 is 18.1 Å². The molecule has 88 valence electrons. The molecule has 0 aromatic heterocycles. The summed E-state index contributed by atoms with van der Waals surface area (Å²) in [4.78, 5) is 10.5. The van der Waals surface area contributed by atoms with E-state index in [4.69, 9.17) is 5.11 Å². The Hall–Kier alpha value is -1.72. The second-order valence-electron chi connectivity index (χ2n) is 3.21. The summed E-state index contributed by atoms with van der Waals surface area (Å²) in [5.74, 6) is -1.51. The smallest absolute Gasteiger partial charge is 0.481 e. The van der Waals surface area contributed by atoms with Crippen molar-refractivity contribution in [3.05, 3.63) is 29.3 Å². The molecule has 0 saturated carbocycles. The van der Waals surface area contributed by atoms with Gasteiger partial charge in [0.15, 0.2) is 0 Å². The van der Waals surface area contributed by atoms with Crippen LogP contribution in [0, 0.1) is 6.92 Å². The van der Waals surface area contributed by atoms with Crippen molar-refractivity contribution in [1.82, 2.24) is 0 Å². The number of carboxylic acids is 1. The molecule has 6 heteroatoms. The molecular weight excluding hydrogens is 225 g/mol. The van der Waals surface area contributed by atoms with Crippen LogP contribution in [0.4, 0.5) is 13.2 Å². The lowest BCUT2D eigenvalue weighted by Crippen LogP contribution is -2.17. The zero-order chi connectivity index (χ0) is 12.3. The van der Waals surface area contributed by atoms with Crippen molar-refractivity contribution in [3.63, 3.8) is 0 Å². The summed E-state index contributed by atoms with van der Waals surface area (Å²) in [6.45, 7) is 1.62. The van der Waals surface area contributed by atoms with Gasteiger partial charge >= 0.3 is 12.3 Å². The first-order chi connectivity index (χ1) is 7.28. The molecule has 3 nitrogen and oxygen atoms in total. The Balaban J connectivity index is 2.93. The minimum atomic E-state index is -4.77. The van der Waals surface area contributed by atoms with Crippen LogP contribution in [0.3, 0.4) is 0 Å². The number of rotatable bonds is 3. The summed E-state index contributed by atoms with van der Waals surface area (Å²) in [5, 5.41) is 8.55. The molecule has 1 N–H and O–H groups in total. The van der Waals surface area contributed by atoms with Crippen LogP contribution in [-0.4, -0.2) is 17.4 Å². The van der Waals surface area contributed by atoms with Crippen molar-refractivity contribution in [1.29, 1.82) is 0 Å². The third kappa shape index (κ3) is 3.80. The monoisotopic (exact) mass is 234 g/mol. The van der Waals surface area contributed by atoms with Gasteiger partial charge in [-0.1, -0.05) is 6.07 Å². The van der Waals surface area contributed by atoms with Crippen LogP contribution >= 0.6 is 0 Å². The van der Waals surface area contributed by atoms with E-state index in [9.17, 15) is 18.0 Å². The number of carboxylic acid groups (broad SMARTS) is 1. The molecule has 16 heavy (non-hydrogen) atoms. The van der Waals surface area contributed by atoms with Crippen molar-refractivity contribution in [2.45, 2.75) is 19.7 Å². The molecule has 0 atom stereocenters. The molecule has 1 aromatic rings. The van der Waals surface area contributed by atoms with Crippen LogP contribution in [0.15, 0.2) is 18.2 Å². The summed E-state index contributed by atoms with van der Waals surface area (Å²) < 4.78 is 39.4. The van der Waals surface area contributed by atoms with Crippen molar-refractivity contribution in [2.75, 3.05) is 0 Å². The Bertz CT molecular complexity index is 399. The Kier molecular flexibility index (Phi) is 3.41. The Labute approximate surface area is 89.5 Å². The largest absolute Gasteiger partial charge is 0.573 e. The highest BCUT2D eigenvalue weighted by atomic mass is 19.4. The molecule has 0 aliphatic rings. The third-order valence-corrected chi connectivity index (χ3v) is 1.90. The minimum Gasteiger partial charge on any atom is -0.481 e. The number of carbonyl (C=O) groups is 1. The van der Waals surface area contributed by atoms with Crippen LogP contribution in [0.2, 0.25) is 0 Å². The number of ether oxygens (including phenoxy) is 1. The van der Waals surface area contributed by atoms with Gasteiger partial charge in [0.05, 0.1) is 6.42 Å². The molecular formula is C10H9F3O3. The van der Waals surface area contributed by atoms with Crippen molar-refractivity contribution < 1.29 is 27.8 Å². The number of benzene rings is 1. The molecule has 0 saturated heterocycles. The van der Waals surface area contributed by atoms with E-state index in [1.807, 2.05) is 0 Å². The predicted octanol–water partition coefficient (Wildman–Crippen LogP) is 2.52. The van der Waals surface area contributed by atoms with Crippen LogP contribution < -0.4 is 4.74 Å². The average molecular weight is 234 g/mol. The van der Waals surface area contributed by atoms with Gasteiger partial charge in [0, 0.05) is 0 Å². The number of aliphatic carboxylic acids is 1. The van der Waals surface area contributed by atoms with Gasteiger partial charge in [0.1, 0.15) is 5.75 Å². The maximum absolute atomic E-state index is 11.9. The van der Waals surface area contributed by atoms with Crippen LogP contribution in [0.25, 0.3) is 0 Å². The molecule has 0 heterocycles. The first-order valence-electron chi connectivity index (χ1n) is 4.35. The highest BCUT2D eigenvalue weighted by Crippen LogP contribution is 2.25. The van der Waals surface area contributed by atoms with E-state index in [1.165, 1.54) is 6.07 Å². The number of halogens is 3. The van der Waals surface area contributed by atoms with E-state index in [2.05, 4.69) is 4.74 Å². The van der Waals surface area contributed by atoms with Gasteiger partial charge in [-0.05, 0) is 30.2 Å². The van der Waals surface area contributed by atoms with Crippen molar-refractivity contribution in [3.8, 4) is 5.75 Å². The van der Waals surface area contributed by atoms with E-state index in [1.54, 1.807) is 6.92 Å². The predicted molar refractivity (Wildman–Crippen MR) is 49.2 cm³/mol. The zero-order valence-corrected chi connectivity index (χ0v) is 8.34. The normalized spacial score (nSPS) is 11.2. The molecule has 1 rings (SSSR count). The summed E-state index contributed by atoms with van der Waals surface area (Å²) in [5.41, 5.74) is 0.908.